The van der Waals surface area contributed by atoms with Gasteiger partial charge < -0.3 is 14.8 Å². The third kappa shape index (κ3) is 4.05. The van der Waals surface area contributed by atoms with Crippen molar-refractivity contribution in [2.45, 2.75) is 31.4 Å². The van der Waals surface area contributed by atoms with Crippen LogP contribution in [0.3, 0.4) is 0 Å². The van der Waals surface area contributed by atoms with Crippen LogP contribution in [0.5, 0.6) is 5.75 Å². The van der Waals surface area contributed by atoms with Gasteiger partial charge in [0.25, 0.3) is 11.8 Å². The molecule has 9 nitrogen and oxygen atoms in total. The van der Waals surface area contributed by atoms with Gasteiger partial charge in [-0.25, -0.2) is 19.3 Å². The van der Waals surface area contributed by atoms with Crippen molar-refractivity contribution in [2.24, 2.45) is 0 Å². The lowest BCUT2D eigenvalue weighted by Crippen LogP contribution is -2.49. The van der Waals surface area contributed by atoms with Crippen LogP contribution in [0.1, 0.15) is 41.7 Å². The quantitative estimate of drug-likeness (QED) is 0.786. The zero-order valence-electron chi connectivity index (χ0n) is 16.1. The fraction of sp³-hybridized carbons (Fsp3) is 0.421. The SMILES string of the molecule is CN1C(=O)[C@@H](NC(=O)c2ncc(Cl)c(C3CCCCO3)n2)COc2cc(F)cnc21. The van der Waals surface area contributed by atoms with Gasteiger partial charge in [-0.1, -0.05) is 11.6 Å². The smallest absolute Gasteiger partial charge is 0.289 e. The van der Waals surface area contributed by atoms with E-state index in [9.17, 15) is 14.0 Å². The Labute approximate surface area is 176 Å². The molecule has 2 atom stereocenters. The van der Waals surface area contributed by atoms with E-state index in [2.05, 4.69) is 20.3 Å². The highest BCUT2D eigenvalue weighted by Crippen LogP contribution is 2.31. The number of nitrogens with zero attached hydrogens (tertiary/aromatic N) is 4. The molecule has 2 amide bonds. The first-order valence-electron chi connectivity index (χ1n) is 9.45. The van der Waals surface area contributed by atoms with E-state index in [1.54, 1.807) is 0 Å². The number of amides is 2. The highest BCUT2D eigenvalue weighted by molar-refractivity contribution is 6.31. The number of fused-ring (bicyclic) bond motifs is 1. The molecule has 0 spiro atoms. The van der Waals surface area contributed by atoms with Gasteiger partial charge >= 0.3 is 0 Å². The summed E-state index contributed by atoms with van der Waals surface area (Å²) in [6.45, 7) is 0.404. The molecule has 0 aromatic carbocycles. The van der Waals surface area contributed by atoms with Gasteiger partial charge in [0, 0.05) is 19.7 Å². The summed E-state index contributed by atoms with van der Waals surface area (Å²) in [6.07, 6.45) is 4.72. The number of hydrogen-bond acceptors (Lipinski definition) is 7. The molecule has 2 aromatic heterocycles. The first-order chi connectivity index (χ1) is 14.4. The van der Waals surface area contributed by atoms with E-state index < -0.39 is 23.7 Å². The molecule has 2 aliphatic heterocycles. The van der Waals surface area contributed by atoms with Crippen LogP contribution in [0.2, 0.25) is 5.02 Å². The first kappa shape index (κ1) is 20.4. The van der Waals surface area contributed by atoms with Crippen LogP contribution in [-0.4, -0.2) is 53.1 Å². The molecule has 2 aromatic rings. The summed E-state index contributed by atoms with van der Waals surface area (Å²) in [4.78, 5) is 38.8. The van der Waals surface area contributed by atoms with Crippen molar-refractivity contribution in [1.29, 1.82) is 0 Å². The standard InChI is InChI=1S/C19H19ClFN5O4/c1-26-17-14(6-10(21)7-23-17)30-9-12(19(26)28)24-18(27)16-22-8-11(20)15(25-16)13-4-2-3-5-29-13/h6-8,12-13H,2-5,9H2,1H3,(H,24,27)/t12-,13?/m0/s1. The molecule has 0 saturated carbocycles. The largest absolute Gasteiger partial charge is 0.487 e. The molecule has 158 valence electrons. The van der Waals surface area contributed by atoms with Crippen LogP contribution >= 0.6 is 11.6 Å². The predicted octanol–water partition coefficient (Wildman–Crippen LogP) is 2.06. The average molecular weight is 436 g/mol. The number of anilines is 1. The fourth-order valence-electron chi connectivity index (χ4n) is 3.35. The second kappa shape index (κ2) is 8.49. The number of nitrogens with one attached hydrogen (secondary N) is 1. The van der Waals surface area contributed by atoms with E-state index in [1.807, 2.05) is 0 Å². The van der Waals surface area contributed by atoms with Crippen molar-refractivity contribution >= 4 is 29.2 Å². The Morgan fingerprint density at radius 2 is 2.17 bits per heavy atom. The number of hydrogen-bond donors (Lipinski definition) is 1. The second-order valence-corrected chi connectivity index (χ2v) is 7.40. The summed E-state index contributed by atoms with van der Waals surface area (Å²) >= 11 is 6.20. The Kier molecular flexibility index (Phi) is 5.78. The van der Waals surface area contributed by atoms with Crippen LogP contribution in [0.4, 0.5) is 10.2 Å². The minimum atomic E-state index is -1.03. The summed E-state index contributed by atoms with van der Waals surface area (Å²) in [5, 5.41) is 2.88. The zero-order valence-corrected chi connectivity index (χ0v) is 16.9. The molecule has 4 rings (SSSR count). The molecule has 4 heterocycles. The maximum Gasteiger partial charge on any atom is 0.289 e. The van der Waals surface area contributed by atoms with Crippen LogP contribution in [0.25, 0.3) is 0 Å². The number of pyridine rings is 1. The maximum absolute atomic E-state index is 13.5. The Morgan fingerprint density at radius 3 is 2.93 bits per heavy atom. The number of ether oxygens (including phenoxy) is 2. The summed E-state index contributed by atoms with van der Waals surface area (Å²) in [5.41, 5.74) is 0.448. The van der Waals surface area contributed by atoms with E-state index in [-0.39, 0.29) is 30.1 Å². The average Bonchev–Trinajstić information content (AvgIpc) is 2.86. The molecule has 11 heteroatoms. The Hall–Kier alpha value is -2.85. The molecule has 0 aliphatic carbocycles. The third-order valence-corrected chi connectivity index (χ3v) is 5.21. The second-order valence-electron chi connectivity index (χ2n) is 6.99. The van der Waals surface area contributed by atoms with Crippen LogP contribution in [0, 0.1) is 5.82 Å². The van der Waals surface area contributed by atoms with Gasteiger partial charge in [-0.15, -0.1) is 0 Å². The van der Waals surface area contributed by atoms with E-state index in [0.29, 0.717) is 17.3 Å². The van der Waals surface area contributed by atoms with Gasteiger partial charge in [-0.3, -0.25) is 14.5 Å². The lowest BCUT2D eigenvalue weighted by Gasteiger charge is -2.23. The first-order valence-corrected chi connectivity index (χ1v) is 9.82. The fourth-order valence-corrected chi connectivity index (χ4v) is 3.56. The Morgan fingerprint density at radius 1 is 1.33 bits per heavy atom. The van der Waals surface area contributed by atoms with Crippen LogP contribution in [0.15, 0.2) is 18.5 Å². The van der Waals surface area contributed by atoms with E-state index in [1.165, 1.54) is 18.1 Å². The van der Waals surface area contributed by atoms with Crippen LogP contribution < -0.4 is 15.0 Å². The molecule has 0 radical (unpaired) electrons. The van der Waals surface area contributed by atoms with Gasteiger partial charge in [0.15, 0.2) is 11.6 Å². The van der Waals surface area contributed by atoms with Gasteiger partial charge in [0.05, 0.1) is 23.1 Å². The summed E-state index contributed by atoms with van der Waals surface area (Å²) in [5.74, 6) is -1.58. The molecule has 0 bridgehead atoms. The van der Waals surface area contributed by atoms with Gasteiger partial charge in [-0.05, 0) is 19.3 Å². The van der Waals surface area contributed by atoms with E-state index in [4.69, 9.17) is 21.1 Å². The van der Waals surface area contributed by atoms with Gasteiger partial charge in [-0.2, -0.15) is 0 Å². The lowest BCUT2D eigenvalue weighted by atomic mass is 10.1. The van der Waals surface area contributed by atoms with Crippen molar-refractivity contribution in [1.82, 2.24) is 20.3 Å². The number of aromatic nitrogens is 3. The highest BCUT2D eigenvalue weighted by atomic mass is 35.5. The normalized spacial score (nSPS) is 21.4. The summed E-state index contributed by atoms with van der Waals surface area (Å²) in [6, 6.07) is 0.100. The number of carbonyl (C=O) groups excluding carboxylic acids is 2. The van der Waals surface area contributed by atoms with Crippen molar-refractivity contribution in [2.75, 3.05) is 25.2 Å². The predicted molar refractivity (Wildman–Crippen MR) is 104 cm³/mol. The van der Waals surface area contributed by atoms with Crippen molar-refractivity contribution in [3.05, 3.63) is 40.8 Å². The number of carbonyl (C=O) groups is 2. The highest BCUT2D eigenvalue weighted by Gasteiger charge is 2.33. The molecule has 2 aliphatic rings. The Balaban J connectivity index is 1.52. The third-order valence-electron chi connectivity index (χ3n) is 4.92. The van der Waals surface area contributed by atoms with Crippen molar-refractivity contribution in [3.63, 3.8) is 0 Å². The Bertz CT molecular complexity index is 985. The monoisotopic (exact) mass is 435 g/mol. The van der Waals surface area contributed by atoms with Gasteiger partial charge in [0.1, 0.15) is 24.6 Å². The number of likely N-dealkylation sites (N-methyl/N-ethyl adjacent to an activating group) is 1. The lowest BCUT2D eigenvalue weighted by molar-refractivity contribution is -0.120. The minimum absolute atomic E-state index is 0.113. The molecular weight excluding hydrogens is 417 g/mol. The van der Waals surface area contributed by atoms with E-state index in [0.717, 1.165) is 31.5 Å². The number of halogens is 2. The number of rotatable bonds is 3. The molecule has 1 fully saturated rings. The summed E-state index contributed by atoms with van der Waals surface area (Å²) in [7, 11) is 1.47. The van der Waals surface area contributed by atoms with Crippen LogP contribution in [-0.2, 0) is 9.53 Å². The molecule has 30 heavy (non-hydrogen) atoms. The molecule has 1 N–H and O–H groups in total. The summed E-state index contributed by atoms with van der Waals surface area (Å²) < 4.78 is 24.6. The van der Waals surface area contributed by atoms with Crippen molar-refractivity contribution in [3.8, 4) is 5.75 Å². The zero-order chi connectivity index (χ0) is 21.3. The molecule has 1 saturated heterocycles. The topological polar surface area (TPSA) is 107 Å². The molecular formula is C19H19ClFN5O4. The molecule has 1 unspecified atom stereocenters. The maximum atomic E-state index is 13.5. The van der Waals surface area contributed by atoms with Gasteiger partial charge in [0.2, 0.25) is 5.82 Å². The van der Waals surface area contributed by atoms with Crippen molar-refractivity contribution < 1.29 is 23.5 Å². The van der Waals surface area contributed by atoms with E-state index >= 15 is 0 Å². The minimum Gasteiger partial charge on any atom is -0.487 e.